The van der Waals surface area contributed by atoms with E-state index in [0.717, 1.165) is 24.9 Å². The van der Waals surface area contributed by atoms with E-state index in [-0.39, 0.29) is 10.6 Å². The molecule has 0 heterocycles. The number of thioether (sulfide) groups is 1. The Kier molecular flexibility index (Phi) is 5.27. The summed E-state index contributed by atoms with van der Waals surface area (Å²) >= 11 is 1.41. The maximum atomic E-state index is 11.7. The molecular weight excluding hydrogens is 310 g/mol. The molecule has 2 rings (SSSR count). The number of sulfone groups is 1. The molecule has 0 radical (unpaired) electrons. The van der Waals surface area contributed by atoms with E-state index in [2.05, 4.69) is 0 Å². The van der Waals surface area contributed by atoms with Crippen LogP contribution in [0.15, 0.2) is 28.0 Å². The van der Waals surface area contributed by atoms with Crippen LogP contribution in [0.3, 0.4) is 0 Å². The van der Waals surface area contributed by atoms with E-state index in [4.69, 9.17) is 0 Å². The molecule has 1 aliphatic rings. The summed E-state index contributed by atoms with van der Waals surface area (Å²) in [6.45, 7) is 0. The molecule has 7 heteroatoms. The molecule has 0 amide bonds. The van der Waals surface area contributed by atoms with Gasteiger partial charge in [-0.3, -0.25) is 10.1 Å². The van der Waals surface area contributed by atoms with E-state index >= 15 is 0 Å². The van der Waals surface area contributed by atoms with Gasteiger partial charge in [-0.25, -0.2) is 8.42 Å². The van der Waals surface area contributed by atoms with Crippen LogP contribution >= 0.6 is 11.8 Å². The summed E-state index contributed by atoms with van der Waals surface area (Å²) < 4.78 is 23.4. The second-order valence-electron chi connectivity index (χ2n) is 5.45. The van der Waals surface area contributed by atoms with Crippen molar-refractivity contribution in [1.82, 2.24) is 0 Å². The van der Waals surface area contributed by atoms with Crippen molar-refractivity contribution in [2.24, 2.45) is 5.92 Å². The largest absolute Gasteiger partial charge is 0.301 e. The summed E-state index contributed by atoms with van der Waals surface area (Å²) in [5.41, 5.74) is -0.277. The van der Waals surface area contributed by atoms with E-state index in [1.807, 2.05) is 0 Å². The minimum atomic E-state index is -3.60. The van der Waals surface area contributed by atoms with Crippen LogP contribution in [0.25, 0.3) is 0 Å². The zero-order valence-electron chi connectivity index (χ0n) is 11.9. The van der Waals surface area contributed by atoms with Crippen LogP contribution in [-0.2, 0) is 9.84 Å². The molecule has 0 N–H and O–H groups in total. The second-order valence-corrected chi connectivity index (χ2v) is 8.49. The molecule has 1 aromatic carbocycles. The summed E-state index contributed by atoms with van der Waals surface area (Å²) in [5.74, 6) is 1.39. The second kappa shape index (κ2) is 6.79. The zero-order chi connectivity index (χ0) is 15.5. The molecule has 21 heavy (non-hydrogen) atoms. The fourth-order valence-corrected chi connectivity index (χ4v) is 4.83. The lowest BCUT2D eigenvalue weighted by atomic mass is 9.91. The Morgan fingerprint density at radius 1 is 1.29 bits per heavy atom. The Hall–Kier alpha value is -1.08. The van der Waals surface area contributed by atoms with Gasteiger partial charge in [0.1, 0.15) is 4.90 Å². The SMILES string of the molecule is CS(=O)(=O)c1cccc(SCC2CCCCC2)c1[N+](=O)[O-]. The minimum Gasteiger partial charge on any atom is -0.258 e. The van der Waals surface area contributed by atoms with Crippen molar-refractivity contribution < 1.29 is 13.3 Å². The Morgan fingerprint density at radius 3 is 2.52 bits per heavy atom. The standard InChI is InChI=1S/C14H19NO4S2/c1-21(18,19)13-9-5-8-12(14(13)15(16)17)20-10-11-6-3-2-4-7-11/h5,8-9,11H,2-4,6-7,10H2,1H3. The average Bonchev–Trinajstić information content (AvgIpc) is 2.44. The molecule has 116 valence electrons. The van der Waals surface area contributed by atoms with Crippen LogP contribution in [0.4, 0.5) is 5.69 Å². The number of hydrogen-bond acceptors (Lipinski definition) is 5. The lowest BCUT2D eigenvalue weighted by Crippen LogP contribution is -2.09. The van der Waals surface area contributed by atoms with Crippen LogP contribution in [0, 0.1) is 16.0 Å². The van der Waals surface area contributed by atoms with Crippen molar-refractivity contribution in [1.29, 1.82) is 0 Å². The van der Waals surface area contributed by atoms with E-state index in [9.17, 15) is 18.5 Å². The van der Waals surface area contributed by atoms with Gasteiger partial charge in [0.25, 0.3) is 0 Å². The highest BCUT2D eigenvalue weighted by Gasteiger charge is 2.26. The van der Waals surface area contributed by atoms with Gasteiger partial charge in [0.05, 0.1) is 9.82 Å². The maximum absolute atomic E-state index is 11.7. The average molecular weight is 329 g/mol. The van der Waals surface area contributed by atoms with Gasteiger partial charge in [0.2, 0.25) is 0 Å². The van der Waals surface area contributed by atoms with Crippen LogP contribution in [0.2, 0.25) is 0 Å². The molecule has 1 aromatic rings. The fraction of sp³-hybridized carbons (Fsp3) is 0.571. The van der Waals surface area contributed by atoms with Crippen molar-refractivity contribution in [3.8, 4) is 0 Å². The van der Waals surface area contributed by atoms with Gasteiger partial charge >= 0.3 is 5.69 Å². The van der Waals surface area contributed by atoms with Crippen molar-refractivity contribution in [3.63, 3.8) is 0 Å². The van der Waals surface area contributed by atoms with Crippen molar-refractivity contribution >= 4 is 27.3 Å². The predicted octanol–water partition coefficient (Wildman–Crippen LogP) is 3.67. The number of para-hydroxylation sites is 1. The van der Waals surface area contributed by atoms with E-state index in [1.54, 1.807) is 12.1 Å². The van der Waals surface area contributed by atoms with Gasteiger partial charge in [-0.2, -0.15) is 0 Å². The number of rotatable bonds is 5. The summed E-state index contributed by atoms with van der Waals surface area (Å²) in [7, 11) is -3.60. The molecule has 1 aliphatic carbocycles. The number of hydrogen-bond donors (Lipinski definition) is 0. The number of nitro groups is 1. The number of nitrogens with zero attached hydrogens (tertiary/aromatic N) is 1. The number of nitro benzene ring substituents is 1. The van der Waals surface area contributed by atoms with E-state index < -0.39 is 14.8 Å². The number of benzene rings is 1. The Labute approximate surface area is 129 Å². The van der Waals surface area contributed by atoms with Gasteiger partial charge in [-0.05, 0) is 30.9 Å². The Bertz CT molecular complexity index is 622. The quantitative estimate of drug-likeness (QED) is 0.468. The van der Waals surface area contributed by atoms with Crippen LogP contribution < -0.4 is 0 Å². The monoisotopic (exact) mass is 329 g/mol. The lowest BCUT2D eigenvalue weighted by Gasteiger charge is -2.20. The van der Waals surface area contributed by atoms with Gasteiger partial charge in [-0.1, -0.05) is 25.3 Å². The smallest absolute Gasteiger partial charge is 0.258 e. The molecular formula is C14H19NO4S2. The van der Waals surface area contributed by atoms with Gasteiger partial charge in [-0.15, -0.1) is 11.8 Å². The molecule has 1 saturated carbocycles. The molecule has 0 spiro atoms. The third kappa shape index (κ3) is 4.20. The third-order valence-electron chi connectivity index (χ3n) is 3.74. The topological polar surface area (TPSA) is 77.3 Å². The summed E-state index contributed by atoms with van der Waals surface area (Å²) in [4.78, 5) is 10.9. The third-order valence-corrected chi connectivity index (χ3v) is 6.15. The van der Waals surface area contributed by atoms with Gasteiger partial charge < -0.3 is 0 Å². The van der Waals surface area contributed by atoms with Gasteiger partial charge in [0, 0.05) is 12.0 Å². The Balaban J connectivity index is 2.24. The highest BCUT2D eigenvalue weighted by molar-refractivity contribution is 7.99. The van der Waals surface area contributed by atoms with Crippen LogP contribution in [0.5, 0.6) is 0 Å². The molecule has 0 unspecified atom stereocenters. The first kappa shape index (κ1) is 16.3. The summed E-state index contributed by atoms with van der Waals surface area (Å²) in [5, 5.41) is 11.3. The molecule has 5 nitrogen and oxygen atoms in total. The fourth-order valence-electron chi connectivity index (χ4n) is 2.66. The predicted molar refractivity (Wildman–Crippen MR) is 83.5 cm³/mol. The first-order valence-corrected chi connectivity index (χ1v) is 9.87. The first-order chi connectivity index (χ1) is 9.89. The Morgan fingerprint density at radius 2 is 1.95 bits per heavy atom. The normalized spacial score (nSPS) is 16.8. The molecule has 1 fully saturated rings. The van der Waals surface area contributed by atoms with Crippen LogP contribution in [-0.4, -0.2) is 25.3 Å². The van der Waals surface area contributed by atoms with Crippen molar-refractivity contribution in [2.75, 3.05) is 12.0 Å². The highest BCUT2D eigenvalue weighted by atomic mass is 32.2. The van der Waals surface area contributed by atoms with Crippen LogP contribution in [0.1, 0.15) is 32.1 Å². The van der Waals surface area contributed by atoms with Crippen molar-refractivity contribution in [2.45, 2.75) is 41.9 Å². The first-order valence-electron chi connectivity index (χ1n) is 7.00. The maximum Gasteiger partial charge on any atom is 0.301 e. The lowest BCUT2D eigenvalue weighted by molar-refractivity contribution is -0.390. The minimum absolute atomic E-state index is 0.193. The molecule has 0 saturated heterocycles. The van der Waals surface area contributed by atoms with E-state index in [1.165, 1.54) is 37.1 Å². The highest BCUT2D eigenvalue weighted by Crippen LogP contribution is 2.37. The molecule has 0 aliphatic heterocycles. The molecule has 0 aromatic heterocycles. The van der Waals surface area contributed by atoms with Gasteiger partial charge in [0.15, 0.2) is 9.84 Å². The zero-order valence-corrected chi connectivity index (χ0v) is 13.6. The van der Waals surface area contributed by atoms with E-state index in [0.29, 0.717) is 10.8 Å². The summed E-state index contributed by atoms with van der Waals surface area (Å²) in [6, 6.07) is 4.52. The summed E-state index contributed by atoms with van der Waals surface area (Å²) in [6.07, 6.45) is 7.03. The molecule has 0 bridgehead atoms. The van der Waals surface area contributed by atoms with Crippen molar-refractivity contribution in [3.05, 3.63) is 28.3 Å². The molecule has 0 atom stereocenters.